The number of carbonyl (C=O) groups excluding carboxylic acids is 3. The highest BCUT2D eigenvalue weighted by Gasteiger charge is 2.26. The molecule has 9 heteroatoms. The highest BCUT2D eigenvalue weighted by Crippen LogP contribution is 2.18. The maximum Gasteiger partial charge on any atom is 0.289 e. The maximum absolute atomic E-state index is 12.6. The molecule has 0 radical (unpaired) electrons. The van der Waals surface area contributed by atoms with Gasteiger partial charge in [0.2, 0.25) is 0 Å². The third-order valence-electron chi connectivity index (χ3n) is 3.76. The van der Waals surface area contributed by atoms with Crippen LogP contribution in [0.3, 0.4) is 0 Å². The fourth-order valence-electron chi connectivity index (χ4n) is 2.37. The van der Waals surface area contributed by atoms with Crippen molar-refractivity contribution in [3.8, 4) is 5.75 Å². The van der Waals surface area contributed by atoms with Crippen LogP contribution >= 0.6 is 0 Å². The highest BCUT2D eigenvalue weighted by atomic mass is 16.5. The van der Waals surface area contributed by atoms with Crippen molar-refractivity contribution in [2.24, 2.45) is 5.92 Å². The Kier molecular flexibility index (Phi) is 7.44. The van der Waals surface area contributed by atoms with E-state index in [1.807, 2.05) is 6.92 Å². The van der Waals surface area contributed by atoms with Crippen molar-refractivity contribution in [1.29, 1.82) is 0 Å². The van der Waals surface area contributed by atoms with Gasteiger partial charge in [0.25, 0.3) is 17.7 Å². The van der Waals surface area contributed by atoms with Crippen LogP contribution < -0.4 is 20.9 Å². The number of benzene rings is 1. The van der Waals surface area contributed by atoms with Gasteiger partial charge in [0, 0.05) is 12.4 Å². The average Bonchev–Trinajstić information content (AvgIpc) is 2.70. The summed E-state index contributed by atoms with van der Waals surface area (Å²) in [6.07, 6.45) is 4.07. The molecule has 0 saturated carbocycles. The fourth-order valence-corrected chi connectivity index (χ4v) is 2.37. The predicted molar refractivity (Wildman–Crippen MR) is 101 cm³/mol. The minimum absolute atomic E-state index is 0.0542. The molecule has 0 aliphatic carbocycles. The summed E-state index contributed by atoms with van der Waals surface area (Å²) in [6, 6.07) is 5.90. The van der Waals surface area contributed by atoms with Crippen LogP contribution in [0, 0.1) is 5.92 Å². The van der Waals surface area contributed by atoms with E-state index in [0.717, 1.165) is 0 Å². The van der Waals surface area contributed by atoms with Gasteiger partial charge in [-0.05, 0) is 25.0 Å². The molecule has 1 aromatic heterocycles. The van der Waals surface area contributed by atoms with Gasteiger partial charge >= 0.3 is 0 Å². The molecule has 1 heterocycles. The lowest BCUT2D eigenvalue weighted by molar-refractivity contribution is -0.124. The normalized spacial score (nSPS) is 11.4. The van der Waals surface area contributed by atoms with E-state index in [9.17, 15) is 14.4 Å². The second-order valence-corrected chi connectivity index (χ2v) is 6.16. The Morgan fingerprint density at radius 1 is 1.07 bits per heavy atom. The summed E-state index contributed by atoms with van der Waals surface area (Å²) >= 11 is 0. The van der Waals surface area contributed by atoms with Crippen molar-refractivity contribution in [3.05, 3.63) is 54.1 Å². The first-order valence-electron chi connectivity index (χ1n) is 8.83. The molecule has 1 aromatic carbocycles. The van der Waals surface area contributed by atoms with Gasteiger partial charge in [0.15, 0.2) is 0 Å². The minimum Gasteiger partial charge on any atom is -0.493 e. The summed E-state index contributed by atoms with van der Waals surface area (Å²) in [4.78, 5) is 44.7. The molecule has 2 rings (SSSR count). The van der Waals surface area contributed by atoms with Gasteiger partial charge in [0.1, 0.15) is 17.5 Å². The molecule has 3 N–H and O–H groups in total. The lowest BCUT2D eigenvalue weighted by Gasteiger charge is -2.22. The summed E-state index contributed by atoms with van der Waals surface area (Å²) in [6.45, 7) is 5.79. The van der Waals surface area contributed by atoms with Crippen LogP contribution in [0.2, 0.25) is 0 Å². The van der Waals surface area contributed by atoms with Gasteiger partial charge in [-0.2, -0.15) is 0 Å². The Morgan fingerprint density at radius 2 is 1.82 bits per heavy atom. The van der Waals surface area contributed by atoms with Crippen LogP contribution in [-0.2, 0) is 4.79 Å². The minimum atomic E-state index is -0.871. The second kappa shape index (κ2) is 10.0. The van der Waals surface area contributed by atoms with Crippen LogP contribution in [0.15, 0.2) is 42.9 Å². The number of nitrogens with zero attached hydrogens (tertiary/aromatic N) is 2. The van der Waals surface area contributed by atoms with E-state index < -0.39 is 23.8 Å². The summed E-state index contributed by atoms with van der Waals surface area (Å²) in [5.41, 5.74) is 4.95. The summed E-state index contributed by atoms with van der Waals surface area (Å²) in [7, 11) is 0. The van der Waals surface area contributed by atoms with Crippen molar-refractivity contribution >= 4 is 17.7 Å². The number of hydrogen-bond donors (Lipinski definition) is 3. The Hall–Kier alpha value is -3.49. The SMILES string of the molecule is CCOc1ccccc1C(=O)NC(C(=O)NNC(=O)c1cnccn1)C(C)C. The molecule has 0 fully saturated rings. The molecular formula is C19H23N5O4. The van der Waals surface area contributed by atoms with E-state index in [1.54, 1.807) is 38.1 Å². The van der Waals surface area contributed by atoms with Crippen molar-refractivity contribution in [3.63, 3.8) is 0 Å². The molecule has 0 aliphatic heterocycles. The third-order valence-corrected chi connectivity index (χ3v) is 3.76. The van der Waals surface area contributed by atoms with Gasteiger partial charge < -0.3 is 10.1 Å². The van der Waals surface area contributed by atoms with Crippen molar-refractivity contribution < 1.29 is 19.1 Å². The number of carbonyl (C=O) groups is 3. The zero-order chi connectivity index (χ0) is 20.5. The van der Waals surface area contributed by atoms with E-state index in [2.05, 4.69) is 26.1 Å². The standard InChI is InChI=1S/C19H23N5O4/c1-4-28-15-8-6-5-7-13(15)17(25)22-16(12(2)3)19(27)24-23-18(26)14-11-20-9-10-21-14/h5-12,16H,4H2,1-3H3,(H,22,25)(H,23,26)(H,24,27). The zero-order valence-corrected chi connectivity index (χ0v) is 15.9. The lowest BCUT2D eigenvalue weighted by Crippen LogP contribution is -2.54. The number of hydrogen-bond acceptors (Lipinski definition) is 6. The molecule has 1 unspecified atom stereocenters. The molecule has 1 atom stereocenters. The van der Waals surface area contributed by atoms with Crippen LogP contribution in [0.25, 0.3) is 0 Å². The largest absolute Gasteiger partial charge is 0.493 e. The van der Waals surface area contributed by atoms with Gasteiger partial charge in [-0.15, -0.1) is 0 Å². The van der Waals surface area contributed by atoms with Crippen LogP contribution in [0.1, 0.15) is 41.6 Å². The summed E-state index contributed by atoms with van der Waals surface area (Å²) in [5.74, 6) is -1.41. The van der Waals surface area contributed by atoms with Crippen molar-refractivity contribution in [2.45, 2.75) is 26.8 Å². The van der Waals surface area contributed by atoms with E-state index in [4.69, 9.17) is 4.74 Å². The summed E-state index contributed by atoms with van der Waals surface area (Å²) in [5, 5.41) is 2.68. The molecule has 9 nitrogen and oxygen atoms in total. The van der Waals surface area contributed by atoms with Gasteiger partial charge in [0.05, 0.1) is 18.4 Å². The van der Waals surface area contributed by atoms with Crippen LogP contribution in [0.5, 0.6) is 5.75 Å². The third kappa shape index (κ3) is 5.50. The first-order chi connectivity index (χ1) is 13.4. The maximum atomic E-state index is 12.6. The van der Waals surface area contributed by atoms with E-state index in [1.165, 1.54) is 18.6 Å². The molecule has 148 valence electrons. The number of para-hydroxylation sites is 1. The van der Waals surface area contributed by atoms with Gasteiger partial charge in [-0.1, -0.05) is 26.0 Å². The van der Waals surface area contributed by atoms with E-state index in [0.29, 0.717) is 17.9 Å². The molecule has 3 amide bonds. The first-order valence-corrected chi connectivity index (χ1v) is 8.83. The van der Waals surface area contributed by atoms with Gasteiger partial charge in [-0.3, -0.25) is 30.2 Å². The smallest absolute Gasteiger partial charge is 0.289 e. The lowest BCUT2D eigenvalue weighted by atomic mass is 10.0. The van der Waals surface area contributed by atoms with Crippen molar-refractivity contribution in [1.82, 2.24) is 26.1 Å². The molecular weight excluding hydrogens is 362 g/mol. The Labute approximate surface area is 162 Å². The number of amides is 3. The number of nitrogens with one attached hydrogen (secondary N) is 3. The Morgan fingerprint density at radius 3 is 2.46 bits per heavy atom. The molecule has 0 bridgehead atoms. The number of hydrazine groups is 1. The average molecular weight is 385 g/mol. The number of rotatable bonds is 7. The molecule has 2 aromatic rings. The van der Waals surface area contributed by atoms with Crippen LogP contribution in [-0.4, -0.2) is 40.3 Å². The number of aromatic nitrogens is 2. The quantitative estimate of drug-likeness (QED) is 0.613. The summed E-state index contributed by atoms with van der Waals surface area (Å²) < 4.78 is 5.46. The monoisotopic (exact) mass is 385 g/mol. The molecule has 0 spiro atoms. The zero-order valence-electron chi connectivity index (χ0n) is 15.9. The van der Waals surface area contributed by atoms with E-state index >= 15 is 0 Å². The first kappa shape index (κ1) is 20.8. The van der Waals surface area contributed by atoms with Crippen molar-refractivity contribution in [2.75, 3.05) is 6.61 Å². The topological polar surface area (TPSA) is 122 Å². The molecule has 28 heavy (non-hydrogen) atoms. The predicted octanol–water partition coefficient (Wildman–Crippen LogP) is 1.09. The van der Waals surface area contributed by atoms with E-state index in [-0.39, 0.29) is 11.6 Å². The Balaban J connectivity index is 2.03. The Bertz CT molecular complexity index is 826. The molecule has 0 aliphatic rings. The fraction of sp³-hybridized carbons (Fsp3) is 0.316. The van der Waals surface area contributed by atoms with Gasteiger partial charge in [-0.25, -0.2) is 4.98 Å². The second-order valence-electron chi connectivity index (χ2n) is 6.16. The molecule has 0 saturated heterocycles. The number of ether oxygens (including phenoxy) is 1. The van der Waals surface area contributed by atoms with Crippen LogP contribution in [0.4, 0.5) is 0 Å². The highest BCUT2D eigenvalue weighted by molar-refractivity contribution is 6.00.